The minimum Gasteiger partial charge on any atom is -0.310 e. The lowest BCUT2D eigenvalue weighted by Crippen LogP contribution is -2.37. The first-order valence-electron chi connectivity index (χ1n) is 20.0. The third kappa shape index (κ3) is 5.07. The Hall–Kier alpha value is -7.03. The quantitative estimate of drug-likeness (QED) is 0.176. The van der Waals surface area contributed by atoms with Gasteiger partial charge in [0.1, 0.15) is 0 Å². The summed E-state index contributed by atoms with van der Waals surface area (Å²) in [6.45, 7) is 2.37. The minimum absolute atomic E-state index is 0.652. The number of fused-ring (bicyclic) bond motifs is 9. The van der Waals surface area contributed by atoms with Crippen molar-refractivity contribution in [2.24, 2.45) is 4.99 Å². The van der Waals surface area contributed by atoms with Crippen LogP contribution in [0.15, 0.2) is 216 Å². The monoisotopic (exact) mass is 728 g/mol. The maximum absolute atomic E-state index is 5.92. The van der Waals surface area contributed by atoms with E-state index in [4.69, 9.17) is 4.99 Å². The SMILES string of the molecule is C/C1=C(\c2cccc3ccccc23)C2=C(N=C(c3ccc(-c4ccccc4)cc3)CC1)c1ccccc1C21c2ccccc2N(c2ccccc2)c2ccccc21. The predicted octanol–water partition coefficient (Wildman–Crippen LogP) is 14.1. The number of nitrogens with zero attached hydrogens (tertiary/aromatic N) is 2. The fourth-order valence-electron chi connectivity index (χ4n) is 9.88. The zero-order valence-electron chi connectivity index (χ0n) is 31.9. The Labute approximate surface area is 334 Å². The number of benzene rings is 8. The van der Waals surface area contributed by atoms with Gasteiger partial charge in [0, 0.05) is 22.5 Å². The second kappa shape index (κ2) is 13.3. The normalized spacial score (nSPS) is 16.6. The van der Waals surface area contributed by atoms with E-state index in [-0.39, 0.29) is 0 Å². The molecule has 3 aliphatic rings. The first-order chi connectivity index (χ1) is 28.2. The first kappa shape index (κ1) is 33.3. The van der Waals surface area contributed by atoms with Gasteiger partial charge in [-0.15, -0.1) is 0 Å². The number of aliphatic imine (C=N–C) groups is 1. The van der Waals surface area contributed by atoms with Crippen LogP contribution in [0.25, 0.3) is 33.2 Å². The molecular weight excluding hydrogens is 689 g/mol. The molecule has 0 atom stereocenters. The molecule has 8 aromatic rings. The second-order valence-corrected chi connectivity index (χ2v) is 15.4. The predicted molar refractivity (Wildman–Crippen MR) is 239 cm³/mol. The average Bonchev–Trinajstić information content (AvgIpc) is 3.54. The largest absolute Gasteiger partial charge is 0.310 e. The van der Waals surface area contributed by atoms with Crippen LogP contribution in [-0.2, 0) is 5.41 Å². The Morgan fingerprint density at radius 1 is 0.456 bits per heavy atom. The molecule has 0 unspecified atom stereocenters. The van der Waals surface area contributed by atoms with Gasteiger partial charge in [-0.25, -0.2) is 0 Å². The van der Waals surface area contributed by atoms with Crippen molar-refractivity contribution in [2.45, 2.75) is 25.2 Å². The van der Waals surface area contributed by atoms with E-state index < -0.39 is 5.41 Å². The van der Waals surface area contributed by atoms with Gasteiger partial charge in [-0.3, -0.25) is 4.99 Å². The maximum Gasteiger partial charge on any atom is 0.0776 e. The number of hydrogen-bond acceptors (Lipinski definition) is 2. The van der Waals surface area contributed by atoms with Crippen LogP contribution in [0.3, 0.4) is 0 Å². The summed E-state index contributed by atoms with van der Waals surface area (Å²) in [6.07, 6.45) is 1.73. The highest BCUT2D eigenvalue weighted by Crippen LogP contribution is 2.66. The van der Waals surface area contributed by atoms with Crippen molar-refractivity contribution in [3.8, 4) is 11.1 Å². The van der Waals surface area contributed by atoms with Crippen LogP contribution >= 0.6 is 0 Å². The lowest BCUT2D eigenvalue weighted by atomic mass is 9.61. The molecular formula is C55H40N2. The van der Waals surface area contributed by atoms with Crippen LogP contribution in [0.2, 0.25) is 0 Å². The zero-order valence-corrected chi connectivity index (χ0v) is 31.9. The van der Waals surface area contributed by atoms with Crippen molar-refractivity contribution in [2.75, 3.05) is 4.90 Å². The van der Waals surface area contributed by atoms with E-state index in [1.54, 1.807) is 0 Å². The third-order valence-corrected chi connectivity index (χ3v) is 12.4. The standard InChI is InChI=1S/C55H40N2/c1-37-31-36-49(41-34-32-39(33-35-41)38-17-4-2-5-18-38)56-54-45-24-10-11-26-46(45)55(53(54)52(37)44-25-16-20-40-19-8-9-23-43(40)44)47-27-12-14-29-50(47)57(42-21-6-3-7-22-42)51-30-15-13-28-48(51)55/h2-30,32-35H,31,36H2,1H3/b52-37-,56-49?. The summed E-state index contributed by atoms with van der Waals surface area (Å²) in [5, 5.41) is 2.50. The van der Waals surface area contributed by atoms with Crippen molar-refractivity contribution >= 4 is 44.8 Å². The molecule has 1 aliphatic carbocycles. The highest BCUT2D eigenvalue weighted by Gasteiger charge is 2.54. The van der Waals surface area contributed by atoms with E-state index in [1.807, 2.05) is 0 Å². The number of para-hydroxylation sites is 3. The van der Waals surface area contributed by atoms with Gasteiger partial charge in [-0.05, 0) is 99.3 Å². The average molecular weight is 729 g/mol. The molecule has 0 radical (unpaired) electrons. The topological polar surface area (TPSA) is 15.6 Å². The summed E-state index contributed by atoms with van der Waals surface area (Å²) in [5.41, 5.74) is 18.8. The summed E-state index contributed by atoms with van der Waals surface area (Å²) >= 11 is 0. The Bertz CT molecular complexity index is 2900. The summed E-state index contributed by atoms with van der Waals surface area (Å²) in [4.78, 5) is 8.38. The van der Waals surface area contributed by atoms with Crippen molar-refractivity contribution in [1.29, 1.82) is 0 Å². The van der Waals surface area contributed by atoms with E-state index in [0.29, 0.717) is 0 Å². The second-order valence-electron chi connectivity index (χ2n) is 15.4. The van der Waals surface area contributed by atoms with Gasteiger partial charge in [-0.1, -0.05) is 181 Å². The van der Waals surface area contributed by atoms with Crippen LogP contribution in [0.1, 0.15) is 53.1 Å². The molecule has 0 saturated heterocycles. The maximum atomic E-state index is 5.92. The molecule has 8 aromatic carbocycles. The highest BCUT2D eigenvalue weighted by atomic mass is 15.2. The number of hydrogen-bond donors (Lipinski definition) is 0. The highest BCUT2D eigenvalue weighted by molar-refractivity contribution is 6.12. The van der Waals surface area contributed by atoms with Crippen molar-refractivity contribution in [1.82, 2.24) is 0 Å². The summed E-state index contributed by atoms with van der Waals surface area (Å²) < 4.78 is 0. The Kier molecular flexibility index (Phi) is 7.79. The Morgan fingerprint density at radius 3 is 1.74 bits per heavy atom. The molecule has 0 aromatic heterocycles. The summed E-state index contributed by atoms with van der Waals surface area (Å²) in [6, 6.07) is 73.4. The van der Waals surface area contributed by atoms with Gasteiger partial charge >= 0.3 is 0 Å². The van der Waals surface area contributed by atoms with E-state index in [0.717, 1.165) is 29.9 Å². The van der Waals surface area contributed by atoms with Crippen LogP contribution in [-0.4, -0.2) is 5.71 Å². The zero-order chi connectivity index (χ0) is 37.9. The van der Waals surface area contributed by atoms with E-state index in [1.165, 1.54) is 83.4 Å². The molecule has 1 spiro atoms. The van der Waals surface area contributed by atoms with Crippen molar-refractivity contribution < 1.29 is 0 Å². The van der Waals surface area contributed by atoms with Crippen LogP contribution in [0, 0.1) is 0 Å². The molecule has 2 aliphatic heterocycles. The molecule has 2 heteroatoms. The van der Waals surface area contributed by atoms with Crippen LogP contribution in [0.5, 0.6) is 0 Å². The van der Waals surface area contributed by atoms with Gasteiger partial charge in [0.25, 0.3) is 0 Å². The van der Waals surface area contributed by atoms with Gasteiger partial charge in [0.2, 0.25) is 0 Å². The Balaban J connectivity index is 1.26. The van der Waals surface area contributed by atoms with Crippen molar-refractivity contribution in [3.63, 3.8) is 0 Å². The molecule has 0 saturated carbocycles. The van der Waals surface area contributed by atoms with Gasteiger partial charge < -0.3 is 4.90 Å². The molecule has 2 nitrogen and oxygen atoms in total. The Morgan fingerprint density at radius 2 is 1.00 bits per heavy atom. The smallest absolute Gasteiger partial charge is 0.0776 e. The number of anilines is 3. The molecule has 0 N–H and O–H groups in total. The molecule has 0 amide bonds. The fourth-order valence-corrected chi connectivity index (χ4v) is 9.88. The van der Waals surface area contributed by atoms with E-state index in [2.05, 4.69) is 212 Å². The molecule has 57 heavy (non-hydrogen) atoms. The van der Waals surface area contributed by atoms with Crippen molar-refractivity contribution in [3.05, 3.63) is 245 Å². The molecule has 270 valence electrons. The van der Waals surface area contributed by atoms with E-state index in [9.17, 15) is 0 Å². The van der Waals surface area contributed by atoms with Gasteiger partial charge in [-0.2, -0.15) is 0 Å². The summed E-state index contributed by atoms with van der Waals surface area (Å²) in [5.74, 6) is 0. The van der Waals surface area contributed by atoms with E-state index >= 15 is 0 Å². The van der Waals surface area contributed by atoms with Crippen LogP contribution < -0.4 is 4.90 Å². The molecule has 2 heterocycles. The first-order valence-corrected chi connectivity index (χ1v) is 20.0. The summed E-state index contributed by atoms with van der Waals surface area (Å²) in [7, 11) is 0. The van der Waals surface area contributed by atoms with Gasteiger partial charge in [0.15, 0.2) is 0 Å². The third-order valence-electron chi connectivity index (χ3n) is 12.4. The molecule has 11 rings (SSSR count). The fraction of sp³-hybridized carbons (Fsp3) is 0.0727. The lowest BCUT2D eigenvalue weighted by molar-refractivity contribution is 0.747. The number of allylic oxidation sites excluding steroid dienone is 3. The van der Waals surface area contributed by atoms with Gasteiger partial charge in [0.05, 0.1) is 22.5 Å². The molecule has 0 bridgehead atoms. The van der Waals surface area contributed by atoms with Crippen LogP contribution in [0.4, 0.5) is 17.1 Å². The molecule has 0 fully saturated rings. The minimum atomic E-state index is -0.652. The number of rotatable bonds is 4. The lowest BCUT2D eigenvalue weighted by Gasteiger charge is -2.46.